The zero-order chi connectivity index (χ0) is 14.9. The van der Waals surface area contributed by atoms with Crippen LogP contribution in [-0.4, -0.2) is 82.6 Å². The molecule has 2 aliphatic rings. The summed E-state index contributed by atoms with van der Waals surface area (Å²) >= 11 is 0. The van der Waals surface area contributed by atoms with Crippen molar-refractivity contribution < 1.29 is 17.9 Å². The molecule has 6 nitrogen and oxygen atoms in total. The number of carbonyl (C=O) groups excluding carboxylic acids is 1. The third-order valence-corrected chi connectivity index (χ3v) is 6.67. The van der Waals surface area contributed by atoms with E-state index in [9.17, 15) is 13.2 Å². The van der Waals surface area contributed by atoms with E-state index in [0.29, 0.717) is 26.1 Å². The average molecular weight is 304 g/mol. The third kappa shape index (κ3) is 2.99. The van der Waals surface area contributed by atoms with Crippen molar-refractivity contribution in [2.75, 3.05) is 53.2 Å². The molecule has 2 saturated heterocycles. The molecular formula is C13H24N2O4S. The molecule has 0 aromatic heterocycles. The Balaban J connectivity index is 2.16. The van der Waals surface area contributed by atoms with E-state index in [1.165, 1.54) is 0 Å². The average Bonchev–Trinajstić information content (AvgIpc) is 2.81. The van der Waals surface area contributed by atoms with Crippen LogP contribution < -0.4 is 0 Å². The maximum atomic E-state index is 12.3. The number of ether oxygens (including phenoxy) is 1. The van der Waals surface area contributed by atoms with Gasteiger partial charge in [0.15, 0.2) is 9.84 Å². The molecule has 2 aliphatic heterocycles. The summed E-state index contributed by atoms with van der Waals surface area (Å²) in [7, 11) is 2.04. The summed E-state index contributed by atoms with van der Waals surface area (Å²) in [5, 5.41) is -0.387. The van der Waals surface area contributed by atoms with Gasteiger partial charge in [0.05, 0.1) is 17.6 Å². The summed E-state index contributed by atoms with van der Waals surface area (Å²) in [5.41, 5.74) is 0. The highest BCUT2D eigenvalue weighted by Gasteiger charge is 2.50. The Morgan fingerprint density at radius 1 is 1.35 bits per heavy atom. The van der Waals surface area contributed by atoms with Crippen molar-refractivity contribution >= 4 is 15.7 Å². The second-order valence-corrected chi connectivity index (χ2v) is 8.29. The summed E-state index contributed by atoms with van der Waals surface area (Å²) in [6.07, 6.45) is 0.457. The van der Waals surface area contributed by atoms with Gasteiger partial charge in [-0.25, -0.2) is 8.42 Å². The van der Waals surface area contributed by atoms with Crippen LogP contribution in [0.1, 0.15) is 6.42 Å². The van der Waals surface area contributed by atoms with Gasteiger partial charge in [0.25, 0.3) is 0 Å². The van der Waals surface area contributed by atoms with E-state index in [4.69, 9.17) is 4.74 Å². The molecule has 116 valence electrons. The largest absolute Gasteiger partial charge is 0.383 e. The van der Waals surface area contributed by atoms with E-state index in [1.807, 2.05) is 0 Å². The number of hydrogen-bond donors (Lipinski definition) is 0. The van der Waals surface area contributed by atoms with Crippen molar-refractivity contribution in [1.82, 2.24) is 9.80 Å². The summed E-state index contributed by atoms with van der Waals surface area (Å²) in [6.45, 7) is 2.53. The lowest BCUT2D eigenvalue weighted by atomic mass is 9.87. The SMILES string of the molecule is COCCN1C[C@H]2[C@H](C(=O)N(C)C)CCS(=O)(=O)[C@H]2C1. The maximum absolute atomic E-state index is 12.3. The van der Waals surface area contributed by atoms with Gasteiger partial charge in [0.2, 0.25) is 5.91 Å². The van der Waals surface area contributed by atoms with Crippen LogP contribution in [0.4, 0.5) is 0 Å². The highest BCUT2D eigenvalue weighted by Crippen LogP contribution is 2.37. The Morgan fingerprint density at radius 2 is 2.05 bits per heavy atom. The van der Waals surface area contributed by atoms with Crippen molar-refractivity contribution in [3.63, 3.8) is 0 Å². The monoisotopic (exact) mass is 304 g/mol. The minimum Gasteiger partial charge on any atom is -0.383 e. The molecule has 3 atom stereocenters. The number of rotatable bonds is 4. The van der Waals surface area contributed by atoms with Gasteiger partial charge in [-0.1, -0.05) is 0 Å². The van der Waals surface area contributed by atoms with Gasteiger partial charge in [0, 0.05) is 52.7 Å². The van der Waals surface area contributed by atoms with Crippen LogP contribution in [0.25, 0.3) is 0 Å². The first-order chi connectivity index (χ1) is 9.36. The Bertz CT molecular complexity index is 463. The molecule has 7 heteroatoms. The minimum atomic E-state index is -3.06. The second kappa shape index (κ2) is 5.99. The first-order valence-electron chi connectivity index (χ1n) is 7.01. The lowest BCUT2D eigenvalue weighted by Gasteiger charge is -2.33. The van der Waals surface area contributed by atoms with Crippen molar-refractivity contribution in [2.45, 2.75) is 11.7 Å². The first kappa shape index (κ1) is 15.7. The van der Waals surface area contributed by atoms with Crippen LogP contribution in [0.3, 0.4) is 0 Å². The highest BCUT2D eigenvalue weighted by atomic mass is 32.2. The first-order valence-corrected chi connectivity index (χ1v) is 8.72. The maximum Gasteiger partial charge on any atom is 0.225 e. The van der Waals surface area contributed by atoms with E-state index >= 15 is 0 Å². The van der Waals surface area contributed by atoms with Gasteiger partial charge in [0.1, 0.15) is 0 Å². The molecule has 20 heavy (non-hydrogen) atoms. The van der Waals surface area contributed by atoms with Crippen molar-refractivity contribution in [2.24, 2.45) is 11.8 Å². The van der Waals surface area contributed by atoms with Crippen LogP contribution in [0.15, 0.2) is 0 Å². The van der Waals surface area contributed by atoms with E-state index in [1.54, 1.807) is 26.1 Å². The van der Waals surface area contributed by atoms with E-state index in [-0.39, 0.29) is 28.7 Å². The Labute approximate surface area is 121 Å². The molecule has 0 aromatic carbocycles. The number of likely N-dealkylation sites (tertiary alicyclic amines) is 1. The van der Waals surface area contributed by atoms with Gasteiger partial charge in [-0.05, 0) is 6.42 Å². The summed E-state index contributed by atoms with van der Waals surface area (Å²) < 4.78 is 29.5. The van der Waals surface area contributed by atoms with E-state index in [0.717, 1.165) is 6.54 Å². The molecule has 1 amide bonds. The topological polar surface area (TPSA) is 66.9 Å². The fourth-order valence-corrected chi connectivity index (χ4v) is 5.48. The van der Waals surface area contributed by atoms with Gasteiger partial charge >= 0.3 is 0 Å². The molecule has 0 N–H and O–H groups in total. The fourth-order valence-electron chi connectivity index (χ4n) is 3.34. The quantitative estimate of drug-likeness (QED) is 0.697. The molecule has 0 unspecified atom stereocenters. The third-order valence-electron chi connectivity index (χ3n) is 4.45. The number of hydrogen-bond acceptors (Lipinski definition) is 5. The van der Waals surface area contributed by atoms with Gasteiger partial charge in [-0.15, -0.1) is 0 Å². The number of fused-ring (bicyclic) bond motifs is 1. The number of nitrogens with zero attached hydrogens (tertiary/aromatic N) is 2. The molecule has 0 saturated carbocycles. The van der Waals surface area contributed by atoms with Crippen molar-refractivity contribution in [3.8, 4) is 0 Å². The number of methoxy groups -OCH3 is 1. The fraction of sp³-hybridized carbons (Fsp3) is 0.923. The second-order valence-electron chi connectivity index (χ2n) is 5.95. The van der Waals surface area contributed by atoms with Gasteiger partial charge < -0.3 is 9.64 Å². The normalized spacial score (nSPS) is 32.9. The molecule has 2 rings (SSSR count). The Morgan fingerprint density at radius 3 is 2.65 bits per heavy atom. The predicted molar refractivity (Wildman–Crippen MR) is 76.2 cm³/mol. The van der Waals surface area contributed by atoms with Crippen molar-refractivity contribution in [1.29, 1.82) is 0 Å². The zero-order valence-corrected chi connectivity index (χ0v) is 13.2. The Hall–Kier alpha value is -0.660. The number of sulfone groups is 1. The van der Waals surface area contributed by atoms with Crippen LogP contribution in [-0.2, 0) is 19.4 Å². The van der Waals surface area contributed by atoms with E-state index in [2.05, 4.69) is 4.90 Å². The van der Waals surface area contributed by atoms with Gasteiger partial charge in [-0.3, -0.25) is 9.69 Å². The summed E-state index contributed by atoms with van der Waals surface area (Å²) in [5.74, 6) is -0.0358. The molecule has 2 fully saturated rings. The zero-order valence-electron chi connectivity index (χ0n) is 12.4. The standard InChI is InChI=1S/C13H24N2O4S/c1-14(2)13(16)10-4-7-20(17,18)12-9-15(5-6-19-3)8-11(10)12/h10-12H,4-9H2,1-3H3/t10-,11+,12+/m1/s1. The Kier molecular flexibility index (Phi) is 4.71. The predicted octanol–water partition coefficient (Wildman–Crippen LogP) is -0.544. The lowest BCUT2D eigenvalue weighted by Crippen LogP contribution is -2.46. The number of carbonyl (C=O) groups is 1. The summed E-state index contributed by atoms with van der Waals surface area (Å²) in [6, 6.07) is 0. The minimum absolute atomic E-state index is 0.0588. The van der Waals surface area contributed by atoms with Crippen LogP contribution >= 0.6 is 0 Å². The lowest BCUT2D eigenvalue weighted by molar-refractivity contribution is -0.134. The smallest absolute Gasteiger partial charge is 0.225 e. The molecule has 0 radical (unpaired) electrons. The van der Waals surface area contributed by atoms with E-state index < -0.39 is 9.84 Å². The highest BCUT2D eigenvalue weighted by molar-refractivity contribution is 7.92. The molecule has 2 heterocycles. The van der Waals surface area contributed by atoms with Crippen LogP contribution in [0.2, 0.25) is 0 Å². The summed E-state index contributed by atoms with van der Waals surface area (Å²) in [4.78, 5) is 15.9. The van der Waals surface area contributed by atoms with Crippen LogP contribution in [0, 0.1) is 11.8 Å². The molecule has 0 aromatic rings. The van der Waals surface area contributed by atoms with Gasteiger partial charge in [-0.2, -0.15) is 0 Å². The molecule has 0 aliphatic carbocycles. The molecular weight excluding hydrogens is 280 g/mol. The number of amides is 1. The van der Waals surface area contributed by atoms with Crippen molar-refractivity contribution in [3.05, 3.63) is 0 Å². The molecule has 0 spiro atoms. The molecule has 0 bridgehead atoms. The van der Waals surface area contributed by atoms with Crippen LogP contribution in [0.5, 0.6) is 0 Å².